The van der Waals surface area contributed by atoms with Crippen molar-refractivity contribution in [2.75, 3.05) is 22.5 Å². The van der Waals surface area contributed by atoms with E-state index in [4.69, 9.17) is 9.47 Å². The lowest BCUT2D eigenvalue weighted by molar-refractivity contribution is -0.121. The molecule has 2 N–H and O–H groups in total. The minimum Gasteiger partial charge on any atom is -0.484 e. The van der Waals surface area contributed by atoms with Crippen LogP contribution in [0.4, 0.5) is 15.8 Å². The molecule has 0 heterocycles. The lowest BCUT2D eigenvalue weighted by Gasteiger charge is -2.27. The Morgan fingerprint density at radius 1 is 0.884 bits per heavy atom. The Labute approximate surface area is 248 Å². The third-order valence-electron chi connectivity index (χ3n) is 5.92. The molecule has 1 atom stereocenters. The molecule has 4 rings (SSSR count). The van der Waals surface area contributed by atoms with Crippen LogP contribution in [0.25, 0.3) is 0 Å². The minimum atomic E-state index is -3.82. The maximum Gasteiger partial charge on any atom is 0.263 e. The van der Waals surface area contributed by atoms with Gasteiger partial charge in [0.2, 0.25) is 10.0 Å². The molecular formula is C31H29FN4O6S. The SMILES string of the molecule is C[C@H](C(=O)N/N=C\c1ccc(OCC(=O)Nc2ccc(F)cc2)cc1)N(c1ccc(Oc2ccccc2)cc1)S(C)(=O)=O. The second kappa shape index (κ2) is 14.1. The van der Waals surface area contributed by atoms with Crippen LogP contribution in [0, 0.1) is 5.82 Å². The van der Waals surface area contributed by atoms with Gasteiger partial charge in [-0.05, 0) is 97.4 Å². The number of benzene rings is 4. The molecule has 4 aromatic carbocycles. The van der Waals surface area contributed by atoms with Crippen LogP contribution in [0.15, 0.2) is 108 Å². The van der Waals surface area contributed by atoms with Crippen molar-refractivity contribution in [3.05, 3.63) is 115 Å². The summed E-state index contributed by atoms with van der Waals surface area (Å²) < 4.78 is 50.4. The van der Waals surface area contributed by atoms with Gasteiger partial charge in [-0.3, -0.25) is 13.9 Å². The van der Waals surface area contributed by atoms with Crippen LogP contribution in [0.5, 0.6) is 17.2 Å². The van der Waals surface area contributed by atoms with Crippen molar-refractivity contribution in [2.24, 2.45) is 5.10 Å². The summed E-state index contributed by atoms with van der Waals surface area (Å²) in [4.78, 5) is 24.9. The van der Waals surface area contributed by atoms with Crippen LogP contribution in [0.2, 0.25) is 0 Å². The van der Waals surface area contributed by atoms with Gasteiger partial charge in [-0.25, -0.2) is 18.2 Å². The van der Waals surface area contributed by atoms with Gasteiger partial charge >= 0.3 is 0 Å². The van der Waals surface area contributed by atoms with E-state index < -0.39 is 33.7 Å². The second-order valence-electron chi connectivity index (χ2n) is 9.29. The van der Waals surface area contributed by atoms with Gasteiger partial charge in [0, 0.05) is 5.69 Å². The normalized spacial score (nSPS) is 11.9. The molecule has 0 aliphatic heterocycles. The van der Waals surface area contributed by atoms with Crippen molar-refractivity contribution in [2.45, 2.75) is 13.0 Å². The third kappa shape index (κ3) is 9.13. The summed E-state index contributed by atoms with van der Waals surface area (Å²) >= 11 is 0. The van der Waals surface area contributed by atoms with Crippen LogP contribution in [0.1, 0.15) is 12.5 Å². The molecule has 4 aromatic rings. The number of para-hydroxylation sites is 1. The Kier molecular flexibility index (Phi) is 10.1. The number of halogens is 1. The fourth-order valence-electron chi connectivity index (χ4n) is 3.89. The number of hydrazone groups is 1. The van der Waals surface area contributed by atoms with Gasteiger partial charge in [0.05, 0.1) is 18.2 Å². The number of hydrogen-bond donors (Lipinski definition) is 2. The lowest BCUT2D eigenvalue weighted by Crippen LogP contribution is -2.46. The molecule has 0 spiro atoms. The summed E-state index contributed by atoms with van der Waals surface area (Å²) in [6, 6.07) is 26.3. The number of nitrogens with one attached hydrogen (secondary N) is 2. The van der Waals surface area contributed by atoms with E-state index in [0.29, 0.717) is 28.5 Å². The first-order chi connectivity index (χ1) is 20.6. The topological polar surface area (TPSA) is 126 Å². The summed E-state index contributed by atoms with van der Waals surface area (Å²) in [6.45, 7) is 1.21. The molecule has 0 aromatic heterocycles. The molecule has 0 unspecified atom stereocenters. The molecule has 2 amide bonds. The average Bonchev–Trinajstić information content (AvgIpc) is 2.98. The number of amides is 2. The molecule has 0 radical (unpaired) electrons. The number of rotatable bonds is 12. The second-order valence-corrected chi connectivity index (χ2v) is 11.2. The molecule has 43 heavy (non-hydrogen) atoms. The highest BCUT2D eigenvalue weighted by atomic mass is 32.2. The van der Waals surface area contributed by atoms with E-state index >= 15 is 0 Å². The van der Waals surface area contributed by atoms with Gasteiger partial charge in [0.1, 0.15) is 29.1 Å². The molecule has 0 saturated heterocycles. The van der Waals surface area contributed by atoms with E-state index in [1.165, 1.54) is 37.4 Å². The number of hydrogen-bond acceptors (Lipinski definition) is 7. The van der Waals surface area contributed by atoms with Crippen LogP contribution in [0.3, 0.4) is 0 Å². The number of carbonyl (C=O) groups excluding carboxylic acids is 2. The van der Waals surface area contributed by atoms with Gasteiger partial charge in [-0.15, -0.1) is 0 Å². The van der Waals surface area contributed by atoms with E-state index in [1.54, 1.807) is 60.7 Å². The van der Waals surface area contributed by atoms with Gasteiger partial charge in [0.15, 0.2) is 6.61 Å². The molecule has 0 bridgehead atoms. The summed E-state index contributed by atoms with van der Waals surface area (Å²) in [5.74, 6) is 0.114. The maximum atomic E-state index is 13.0. The molecule has 0 saturated carbocycles. The van der Waals surface area contributed by atoms with Gasteiger partial charge in [-0.1, -0.05) is 18.2 Å². The Morgan fingerprint density at radius 3 is 2.12 bits per heavy atom. The first kappa shape index (κ1) is 30.7. The van der Waals surface area contributed by atoms with Crippen LogP contribution in [-0.4, -0.2) is 45.4 Å². The Bertz CT molecular complexity index is 1660. The summed E-state index contributed by atoms with van der Waals surface area (Å²) in [5.41, 5.74) is 3.72. The summed E-state index contributed by atoms with van der Waals surface area (Å²) in [6.07, 6.45) is 2.40. The Balaban J connectivity index is 1.30. The van der Waals surface area contributed by atoms with Crippen molar-refractivity contribution >= 4 is 39.4 Å². The minimum absolute atomic E-state index is 0.252. The van der Waals surface area contributed by atoms with E-state index in [2.05, 4.69) is 15.8 Å². The predicted molar refractivity (Wildman–Crippen MR) is 162 cm³/mol. The van der Waals surface area contributed by atoms with Crippen molar-refractivity contribution in [1.82, 2.24) is 5.43 Å². The van der Waals surface area contributed by atoms with Crippen LogP contribution < -0.4 is 24.5 Å². The molecular weight excluding hydrogens is 575 g/mol. The van der Waals surface area contributed by atoms with Gasteiger partial charge in [0.25, 0.3) is 11.8 Å². The zero-order valence-corrected chi connectivity index (χ0v) is 24.1. The number of carbonyl (C=O) groups is 2. The number of sulfonamides is 1. The molecule has 0 fully saturated rings. The molecule has 10 nitrogen and oxygen atoms in total. The molecule has 12 heteroatoms. The monoisotopic (exact) mass is 604 g/mol. The van der Waals surface area contributed by atoms with Crippen molar-refractivity contribution < 1.29 is 31.9 Å². The maximum absolute atomic E-state index is 13.0. The highest BCUT2D eigenvalue weighted by Gasteiger charge is 2.29. The predicted octanol–water partition coefficient (Wildman–Crippen LogP) is 4.94. The van der Waals surface area contributed by atoms with Crippen molar-refractivity contribution in [1.29, 1.82) is 0 Å². The smallest absolute Gasteiger partial charge is 0.263 e. The first-order valence-corrected chi connectivity index (χ1v) is 14.9. The van der Waals surface area contributed by atoms with Crippen LogP contribution in [-0.2, 0) is 19.6 Å². The average molecular weight is 605 g/mol. The van der Waals surface area contributed by atoms with E-state index in [-0.39, 0.29) is 12.3 Å². The molecule has 0 aliphatic carbocycles. The summed E-state index contributed by atoms with van der Waals surface area (Å²) in [5, 5.41) is 6.54. The van der Waals surface area contributed by atoms with Gasteiger partial charge < -0.3 is 14.8 Å². The zero-order valence-electron chi connectivity index (χ0n) is 23.3. The number of ether oxygens (including phenoxy) is 2. The first-order valence-electron chi connectivity index (χ1n) is 13.0. The highest BCUT2D eigenvalue weighted by molar-refractivity contribution is 7.92. The van der Waals surface area contributed by atoms with E-state index in [9.17, 15) is 22.4 Å². The van der Waals surface area contributed by atoms with Gasteiger partial charge in [-0.2, -0.15) is 5.10 Å². The Morgan fingerprint density at radius 2 is 1.49 bits per heavy atom. The molecule has 0 aliphatic rings. The van der Waals surface area contributed by atoms with Crippen molar-refractivity contribution in [3.8, 4) is 17.2 Å². The molecule has 222 valence electrons. The summed E-state index contributed by atoms with van der Waals surface area (Å²) in [7, 11) is -3.82. The standard InChI is InChI=1S/C31H29FN4O6S/c1-22(36(43(2,39)40)26-14-18-29(19-15-26)42-28-6-4-3-5-7-28)31(38)35-33-20-23-8-16-27(17-9-23)41-21-30(37)34-25-12-10-24(32)11-13-25/h3-20,22H,21H2,1-2H3,(H,34,37)(H,35,38)/b33-20-/t22-/m1/s1. The fourth-order valence-corrected chi connectivity index (χ4v) is 5.06. The van der Waals surface area contributed by atoms with E-state index in [0.717, 1.165) is 10.6 Å². The fraction of sp³-hybridized carbons (Fsp3) is 0.129. The lowest BCUT2D eigenvalue weighted by atomic mass is 10.2. The van der Waals surface area contributed by atoms with Crippen LogP contribution >= 0.6 is 0 Å². The van der Waals surface area contributed by atoms with Crippen molar-refractivity contribution in [3.63, 3.8) is 0 Å². The zero-order chi connectivity index (χ0) is 30.8. The highest BCUT2D eigenvalue weighted by Crippen LogP contribution is 2.27. The number of nitrogens with zero attached hydrogens (tertiary/aromatic N) is 2. The largest absolute Gasteiger partial charge is 0.484 e. The van der Waals surface area contributed by atoms with E-state index in [1.807, 2.05) is 18.2 Å². The quantitative estimate of drug-likeness (QED) is 0.174. The number of anilines is 2. The Hall–Kier alpha value is -5.23. The third-order valence-corrected chi connectivity index (χ3v) is 7.17.